The fourth-order valence-electron chi connectivity index (χ4n) is 1.41. The molecule has 2 rings (SSSR count). The van der Waals surface area contributed by atoms with Crippen LogP contribution in [0.5, 0.6) is 0 Å². The zero-order valence-corrected chi connectivity index (χ0v) is 10.5. The Balaban J connectivity index is 2.87. The van der Waals surface area contributed by atoms with E-state index in [1.165, 1.54) is 17.4 Å². The van der Waals surface area contributed by atoms with Crippen LogP contribution in [0.15, 0.2) is 17.5 Å². The number of hydrogen-bond donors (Lipinski definition) is 0. The first-order valence-corrected chi connectivity index (χ1v) is 6.42. The minimum atomic E-state index is -0.377. The van der Waals surface area contributed by atoms with E-state index in [0.717, 1.165) is 10.3 Å². The van der Waals surface area contributed by atoms with Crippen molar-refractivity contribution in [1.29, 1.82) is 0 Å². The molecule has 0 radical (unpaired) electrons. The maximum absolute atomic E-state index is 10.8. The number of fused-ring (bicyclic) bond motifs is 1. The first-order chi connectivity index (χ1) is 7.15. The van der Waals surface area contributed by atoms with Gasteiger partial charge in [0.15, 0.2) is 0 Å². The Morgan fingerprint density at radius 1 is 1.53 bits per heavy atom. The molecule has 1 heterocycles. The minimum Gasteiger partial charge on any atom is -0.258 e. The quantitative estimate of drug-likeness (QED) is 0.470. The third-order valence-electron chi connectivity index (χ3n) is 2.07. The summed E-state index contributed by atoms with van der Waals surface area (Å²) in [6.45, 7) is 0. The number of alkyl halides is 1. The smallest absolute Gasteiger partial charge is 0.258 e. The van der Waals surface area contributed by atoms with E-state index in [0.29, 0.717) is 15.7 Å². The van der Waals surface area contributed by atoms with Crippen molar-refractivity contribution in [1.82, 2.24) is 0 Å². The van der Waals surface area contributed by atoms with Crippen LogP contribution in [0.3, 0.4) is 0 Å². The zero-order valence-electron chi connectivity index (χ0n) is 7.37. The first kappa shape index (κ1) is 10.9. The van der Waals surface area contributed by atoms with E-state index in [2.05, 4.69) is 15.9 Å². The van der Waals surface area contributed by atoms with Crippen LogP contribution in [-0.2, 0) is 5.33 Å². The highest BCUT2D eigenvalue weighted by Crippen LogP contribution is 2.38. The van der Waals surface area contributed by atoms with E-state index < -0.39 is 0 Å². The van der Waals surface area contributed by atoms with Gasteiger partial charge in [-0.2, -0.15) is 0 Å². The van der Waals surface area contributed by atoms with Crippen LogP contribution in [0.1, 0.15) is 5.56 Å². The second kappa shape index (κ2) is 4.08. The van der Waals surface area contributed by atoms with Crippen molar-refractivity contribution in [2.75, 3.05) is 0 Å². The predicted octanol–water partition coefficient (Wildman–Crippen LogP) is 4.36. The van der Waals surface area contributed by atoms with Crippen LogP contribution in [0, 0.1) is 10.1 Å². The minimum absolute atomic E-state index is 0.116. The lowest BCUT2D eigenvalue weighted by Crippen LogP contribution is -1.89. The van der Waals surface area contributed by atoms with Gasteiger partial charge < -0.3 is 0 Å². The lowest BCUT2D eigenvalue weighted by Gasteiger charge is -1.98. The molecule has 0 unspecified atom stereocenters. The van der Waals surface area contributed by atoms with Gasteiger partial charge in [-0.05, 0) is 17.0 Å². The van der Waals surface area contributed by atoms with Crippen molar-refractivity contribution in [3.8, 4) is 0 Å². The molecule has 1 aromatic heterocycles. The largest absolute Gasteiger partial charge is 0.278 e. The second-order valence-electron chi connectivity index (χ2n) is 2.92. The van der Waals surface area contributed by atoms with E-state index in [9.17, 15) is 10.1 Å². The maximum atomic E-state index is 10.8. The summed E-state index contributed by atoms with van der Waals surface area (Å²) in [4.78, 5) is 10.5. The van der Waals surface area contributed by atoms with Crippen LogP contribution < -0.4 is 0 Å². The molecule has 1 aromatic carbocycles. The van der Waals surface area contributed by atoms with Gasteiger partial charge in [0.05, 0.1) is 20.0 Å². The van der Waals surface area contributed by atoms with Gasteiger partial charge in [0.1, 0.15) is 0 Å². The predicted molar refractivity (Wildman–Crippen MR) is 66.1 cm³/mol. The number of nitro groups is 1. The van der Waals surface area contributed by atoms with Gasteiger partial charge >= 0.3 is 0 Å². The standard InChI is InChI=1S/C9H5BrClNO2S/c10-3-5-4-15-9-6(11)1-2-7(8(5)9)12(13)14/h1-2,4H,3H2. The van der Waals surface area contributed by atoms with Gasteiger partial charge in [0.25, 0.3) is 5.69 Å². The summed E-state index contributed by atoms with van der Waals surface area (Å²) in [5.74, 6) is 0. The van der Waals surface area contributed by atoms with Gasteiger partial charge in [-0.1, -0.05) is 27.5 Å². The number of hydrogen-bond acceptors (Lipinski definition) is 3. The molecule has 0 aliphatic rings. The Labute approximate surface area is 103 Å². The summed E-state index contributed by atoms with van der Waals surface area (Å²) in [5, 5.41) is 14.5. The number of benzene rings is 1. The lowest BCUT2D eigenvalue weighted by molar-refractivity contribution is -0.383. The highest BCUT2D eigenvalue weighted by Gasteiger charge is 2.18. The number of halogens is 2. The Kier molecular flexibility index (Phi) is 2.95. The molecule has 15 heavy (non-hydrogen) atoms. The fourth-order valence-corrected chi connectivity index (χ4v) is 3.35. The molecule has 0 bridgehead atoms. The molecule has 0 saturated heterocycles. The number of rotatable bonds is 2. The summed E-state index contributed by atoms with van der Waals surface area (Å²) < 4.78 is 0.778. The third-order valence-corrected chi connectivity index (χ3v) is 4.16. The average molecular weight is 307 g/mol. The molecule has 0 N–H and O–H groups in total. The van der Waals surface area contributed by atoms with Crippen LogP contribution in [0.2, 0.25) is 5.02 Å². The summed E-state index contributed by atoms with van der Waals surface area (Å²) in [6.07, 6.45) is 0. The van der Waals surface area contributed by atoms with Gasteiger partial charge in [0, 0.05) is 11.4 Å². The molecule has 78 valence electrons. The van der Waals surface area contributed by atoms with Crippen LogP contribution >= 0.6 is 38.9 Å². The van der Waals surface area contributed by atoms with Crippen molar-refractivity contribution in [2.24, 2.45) is 0 Å². The molecule has 0 aliphatic heterocycles. The Bertz CT molecular complexity index is 540. The molecule has 0 amide bonds. The lowest BCUT2D eigenvalue weighted by atomic mass is 10.1. The SMILES string of the molecule is O=[N+]([O-])c1ccc(Cl)c2scc(CBr)c12. The van der Waals surface area contributed by atoms with Gasteiger partial charge in [-0.15, -0.1) is 11.3 Å². The molecule has 0 aliphatic carbocycles. The molecular weight excluding hydrogens is 302 g/mol. The van der Waals surface area contributed by atoms with E-state index in [-0.39, 0.29) is 10.6 Å². The van der Waals surface area contributed by atoms with Crippen LogP contribution in [0.4, 0.5) is 5.69 Å². The Hall–Kier alpha value is -0.650. The summed E-state index contributed by atoms with van der Waals surface area (Å²) in [7, 11) is 0. The molecule has 0 saturated carbocycles. The number of nitro benzene ring substituents is 1. The van der Waals surface area contributed by atoms with Crippen LogP contribution in [-0.4, -0.2) is 4.92 Å². The van der Waals surface area contributed by atoms with Crippen molar-refractivity contribution in [2.45, 2.75) is 5.33 Å². The molecule has 0 atom stereocenters. The highest BCUT2D eigenvalue weighted by atomic mass is 79.9. The molecular formula is C9H5BrClNO2S. The van der Waals surface area contributed by atoms with Crippen molar-refractivity contribution >= 4 is 54.6 Å². The van der Waals surface area contributed by atoms with E-state index in [4.69, 9.17) is 11.6 Å². The molecule has 0 spiro atoms. The van der Waals surface area contributed by atoms with E-state index >= 15 is 0 Å². The topological polar surface area (TPSA) is 43.1 Å². The van der Waals surface area contributed by atoms with Crippen molar-refractivity contribution in [3.05, 3.63) is 38.2 Å². The van der Waals surface area contributed by atoms with Gasteiger partial charge in [-0.25, -0.2) is 0 Å². The average Bonchev–Trinajstić information content (AvgIpc) is 2.62. The van der Waals surface area contributed by atoms with Crippen LogP contribution in [0.25, 0.3) is 10.1 Å². The normalized spacial score (nSPS) is 10.8. The summed E-state index contributed by atoms with van der Waals surface area (Å²) >= 11 is 10.7. The molecule has 6 heteroatoms. The fraction of sp³-hybridized carbons (Fsp3) is 0.111. The number of nitrogens with zero attached hydrogens (tertiary/aromatic N) is 1. The molecule has 0 fully saturated rings. The maximum Gasteiger partial charge on any atom is 0.278 e. The van der Waals surface area contributed by atoms with Gasteiger partial charge in [-0.3, -0.25) is 10.1 Å². The molecule has 2 aromatic rings. The second-order valence-corrected chi connectivity index (χ2v) is 4.77. The Morgan fingerprint density at radius 3 is 2.87 bits per heavy atom. The summed E-state index contributed by atoms with van der Waals surface area (Å²) in [6, 6.07) is 3.01. The Morgan fingerprint density at radius 2 is 2.27 bits per heavy atom. The van der Waals surface area contributed by atoms with E-state index in [1.54, 1.807) is 6.07 Å². The van der Waals surface area contributed by atoms with E-state index in [1.807, 2.05) is 5.38 Å². The first-order valence-electron chi connectivity index (χ1n) is 4.04. The zero-order chi connectivity index (χ0) is 11.0. The highest BCUT2D eigenvalue weighted by molar-refractivity contribution is 9.08. The summed E-state index contributed by atoms with van der Waals surface area (Å²) in [5.41, 5.74) is 1.02. The number of non-ortho nitro benzene ring substituents is 1. The van der Waals surface area contributed by atoms with Gasteiger partial charge in [0.2, 0.25) is 0 Å². The number of thiophene rings is 1. The monoisotopic (exact) mass is 305 g/mol. The molecule has 3 nitrogen and oxygen atoms in total. The van der Waals surface area contributed by atoms with Crippen molar-refractivity contribution < 1.29 is 4.92 Å². The van der Waals surface area contributed by atoms with Crippen molar-refractivity contribution in [3.63, 3.8) is 0 Å². The third kappa shape index (κ3) is 1.75.